The first-order chi connectivity index (χ1) is 16.3. The number of hydrogen-bond acceptors (Lipinski definition) is 7. The number of benzene rings is 3. The first kappa shape index (κ1) is 21.3. The summed E-state index contributed by atoms with van der Waals surface area (Å²) in [6.07, 6.45) is -0.645. The smallest absolute Gasteiger partial charge is 0.339 e. The summed E-state index contributed by atoms with van der Waals surface area (Å²) in [5.74, 6) is -2.12. The Bertz CT molecular complexity index is 1420. The molecule has 0 bridgehead atoms. The van der Waals surface area contributed by atoms with Gasteiger partial charge < -0.3 is 14.8 Å². The summed E-state index contributed by atoms with van der Waals surface area (Å²) in [7, 11) is 0. The largest absolute Gasteiger partial charge is 0.479 e. The van der Waals surface area contributed by atoms with Crippen molar-refractivity contribution in [2.24, 2.45) is 0 Å². The molecule has 2 aliphatic rings. The highest BCUT2D eigenvalue weighted by molar-refractivity contribution is 6.30. The van der Waals surface area contributed by atoms with Gasteiger partial charge in [-0.05, 0) is 31.2 Å². The van der Waals surface area contributed by atoms with Crippen LogP contribution in [-0.2, 0) is 9.53 Å². The Labute approximate surface area is 193 Å². The van der Waals surface area contributed by atoms with Gasteiger partial charge in [0.1, 0.15) is 5.75 Å². The van der Waals surface area contributed by atoms with Crippen molar-refractivity contribution in [2.75, 3.05) is 11.9 Å². The number of ether oxygens (including phenoxy) is 2. The fourth-order valence-corrected chi connectivity index (χ4v) is 3.99. The van der Waals surface area contributed by atoms with E-state index in [0.29, 0.717) is 11.4 Å². The minimum absolute atomic E-state index is 0.0357. The van der Waals surface area contributed by atoms with Gasteiger partial charge in [-0.1, -0.05) is 36.4 Å². The molecule has 5 rings (SSSR count). The minimum Gasteiger partial charge on any atom is -0.479 e. The fraction of sp³-hybridized carbons (Fsp3) is 0.115. The molecule has 0 fully saturated rings. The van der Waals surface area contributed by atoms with Crippen LogP contribution >= 0.6 is 0 Å². The van der Waals surface area contributed by atoms with E-state index in [2.05, 4.69) is 5.32 Å². The molecule has 1 aliphatic heterocycles. The topological polar surface area (TPSA) is 116 Å². The summed E-state index contributed by atoms with van der Waals surface area (Å²) in [5.41, 5.74) is 1.04. The third-order valence-electron chi connectivity index (χ3n) is 5.74. The SMILES string of the molecule is CC1Oc2ccc(C(=O)COC(=O)c3cccc4c3C(=O)c3ccccc3C4=O)cc2NC1=O. The van der Waals surface area contributed by atoms with Gasteiger partial charge in [-0.2, -0.15) is 0 Å². The van der Waals surface area contributed by atoms with E-state index in [4.69, 9.17) is 9.47 Å². The van der Waals surface area contributed by atoms with Crippen molar-refractivity contribution in [1.29, 1.82) is 0 Å². The second-order valence-corrected chi connectivity index (χ2v) is 7.89. The quantitative estimate of drug-likeness (QED) is 0.371. The van der Waals surface area contributed by atoms with Gasteiger partial charge in [-0.25, -0.2) is 4.79 Å². The molecule has 0 spiro atoms. The van der Waals surface area contributed by atoms with E-state index in [1.807, 2.05) is 0 Å². The van der Waals surface area contributed by atoms with E-state index in [0.717, 1.165) is 0 Å². The average Bonchev–Trinajstić information content (AvgIpc) is 2.85. The monoisotopic (exact) mass is 455 g/mol. The van der Waals surface area contributed by atoms with Crippen LogP contribution in [0.4, 0.5) is 5.69 Å². The molecule has 0 saturated heterocycles. The van der Waals surface area contributed by atoms with Crippen molar-refractivity contribution in [1.82, 2.24) is 0 Å². The van der Waals surface area contributed by atoms with Crippen LogP contribution in [0, 0.1) is 0 Å². The highest BCUT2D eigenvalue weighted by Crippen LogP contribution is 2.31. The molecule has 1 unspecified atom stereocenters. The average molecular weight is 455 g/mol. The summed E-state index contributed by atoms with van der Waals surface area (Å²) >= 11 is 0. The molecule has 1 atom stereocenters. The molecular formula is C26H17NO7. The number of hydrogen-bond donors (Lipinski definition) is 1. The molecule has 34 heavy (non-hydrogen) atoms. The predicted molar refractivity (Wildman–Crippen MR) is 120 cm³/mol. The van der Waals surface area contributed by atoms with E-state index < -0.39 is 30.2 Å². The van der Waals surface area contributed by atoms with Crippen LogP contribution in [0.25, 0.3) is 0 Å². The number of fused-ring (bicyclic) bond motifs is 3. The molecule has 8 nitrogen and oxygen atoms in total. The summed E-state index contributed by atoms with van der Waals surface area (Å²) < 4.78 is 10.7. The Morgan fingerprint density at radius 1 is 0.912 bits per heavy atom. The second kappa shape index (κ2) is 8.08. The Morgan fingerprint density at radius 2 is 1.62 bits per heavy atom. The van der Waals surface area contributed by atoms with E-state index in [1.165, 1.54) is 36.4 Å². The molecule has 1 heterocycles. The molecule has 1 amide bonds. The summed E-state index contributed by atoms with van der Waals surface area (Å²) in [6.45, 7) is 1.02. The zero-order valence-electron chi connectivity index (χ0n) is 17.9. The molecule has 1 aliphatic carbocycles. The van der Waals surface area contributed by atoms with Gasteiger partial charge in [0.05, 0.1) is 11.3 Å². The van der Waals surface area contributed by atoms with Gasteiger partial charge >= 0.3 is 5.97 Å². The maximum absolute atomic E-state index is 13.1. The molecule has 3 aromatic carbocycles. The van der Waals surface area contributed by atoms with E-state index in [-0.39, 0.29) is 45.1 Å². The first-order valence-electron chi connectivity index (χ1n) is 10.5. The normalized spacial score (nSPS) is 15.9. The van der Waals surface area contributed by atoms with Crippen molar-refractivity contribution in [3.8, 4) is 5.75 Å². The highest BCUT2D eigenvalue weighted by Gasteiger charge is 2.33. The van der Waals surface area contributed by atoms with Crippen molar-refractivity contribution < 1.29 is 33.4 Å². The predicted octanol–water partition coefficient (Wildman–Crippen LogP) is 3.22. The zero-order chi connectivity index (χ0) is 24.0. The van der Waals surface area contributed by atoms with Gasteiger partial charge in [0, 0.05) is 27.8 Å². The number of carbonyl (C=O) groups excluding carboxylic acids is 5. The van der Waals surface area contributed by atoms with Crippen molar-refractivity contribution in [3.05, 3.63) is 94.0 Å². The minimum atomic E-state index is -0.894. The number of nitrogens with one attached hydrogen (secondary N) is 1. The Hall–Kier alpha value is -4.59. The van der Waals surface area contributed by atoms with Crippen molar-refractivity contribution >= 4 is 34.9 Å². The molecular weight excluding hydrogens is 438 g/mol. The van der Waals surface area contributed by atoms with Gasteiger partial charge in [0.25, 0.3) is 5.91 Å². The second-order valence-electron chi connectivity index (χ2n) is 7.89. The molecule has 1 N–H and O–H groups in total. The third-order valence-corrected chi connectivity index (χ3v) is 5.74. The number of anilines is 1. The summed E-state index contributed by atoms with van der Waals surface area (Å²) in [4.78, 5) is 63.1. The Morgan fingerprint density at radius 3 is 2.38 bits per heavy atom. The number of rotatable bonds is 4. The van der Waals surface area contributed by atoms with E-state index in [9.17, 15) is 24.0 Å². The van der Waals surface area contributed by atoms with E-state index in [1.54, 1.807) is 31.2 Å². The summed E-state index contributed by atoms with van der Waals surface area (Å²) in [5, 5.41) is 2.65. The zero-order valence-corrected chi connectivity index (χ0v) is 17.9. The fourth-order valence-electron chi connectivity index (χ4n) is 3.99. The number of Topliss-reactive ketones (excluding diaryl/α,β-unsaturated/α-hetero) is 1. The lowest BCUT2D eigenvalue weighted by Gasteiger charge is -2.23. The standard InChI is InChI=1S/C26H17NO7/c1-13-25(31)27-19-11-14(9-10-21(19)34-13)20(28)12-33-26(32)18-8-4-7-17-22(18)24(30)16-6-3-2-5-15(16)23(17)29/h2-11,13H,12H2,1H3,(H,27,31). The molecule has 0 saturated carbocycles. The van der Waals surface area contributed by atoms with Crippen LogP contribution in [0.5, 0.6) is 5.75 Å². The van der Waals surface area contributed by atoms with Crippen LogP contribution in [0.1, 0.15) is 59.5 Å². The lowest BCUT2D eigenvalue weighted by Crippen LogP contribution is -2.34. The maximum Gasteiger partial charge on any atom is 0.339 e. The highest BCUT2D eigenvalue weighted by atomic mass is 16.5. The van der Waals surface area contributed by atoms with Gasteiger partial charge in [-0.3, -0.25) is 19.2 Å². The maximum atomic E-state index is 13.1. The lowest BCUT2D eigenvalue weighted by atomic mass is 9.82. The van der Waals surface area contributed by atoms with Crippen LogP contribution in [0.3, 0.4) is 0 Å². The molecule has 0 radical (unpaired) electrons. The first-order valence-corrected chi connectivity index (χ1v) is 10.5. The lowest BCUT2D eigenvalue weighted by molar-refractivity contribution is -0.122. The van der Waals surface area contributed by atoms with Crippen LogP contribution in [-0.4, -0.2) is 41.9 Å². The third kappa shape index (κ3) is 3.45. The van der Waals surface area contributed by atoms with Crippen molar-refractivity contribution in [2.45, 2.75) is 13.0 Å². The van der Waals surface area contributed by atoms with Crippen LogP contribution < -0.4 is 10.1 Å². The number of carbonyl (C=O) groups is 5. The van der Waals surface area contributed by atoms with Gasteiger partial charge in [-0.15, -0.1) is 0 Å². The van der Waals surface area contributed by atoms with Gasteiger partial charge in [0.2, 0.25) is 0 Å². The molecule has 8 heteroatoms. The van der Waals surface area contributed by atoms with Crippen LogP contribution in [0.2, 0.25) is 0 Å². The molecule has 0 aromatic heterocycles. The number of esters is 1. The molecule has 3 aromatic rings. The van der Waals surface area contributed by atoms with E-state index >= 15 is 0 Å². The Kier molecular flexibility index (Phi) is 5.05. The van der Waals surface area contributed by atoms with Crippen molar-refractivity contribution in [3.63, 3.8) is 0 Å². The van der Waals surface area contributed by atoms with Crippen LogP contribution in [0.15, 0.2) is 60.7 Å². The molecule has 168 valence electrons. The van der Waals surface area contributed by atoms with Gasteiger partial charge in [0.15, 0.2) is 30.1 Å². The Balaban J connectivity index is 1.36. The summed E-state index contributed by atoms with van der Waals surface area (Å²) in [6, 6.07) is 15.3. The number of amides is 1. The number of ketones is 3.